The van der Waals surface area contributed by atoms with Gasteiger partial charge in [0.25, 0.3) is 5.91 Å². The summed E-state index contributed by atoms with van der Waals surface area (Å²) in [6, 6.07) is 2.73. The maximum absolute atomic E-state index is 13.8. The van der Waals surface area contributed by atoms with Gasteiger partial charge in [-0.2, -0.15) is 0 Å². The monoisotopic (exact) mass is 244 g/mol. The lowest BCUT2D eigenvalue weighted by atomic mass is 10.1. The fourth-order valence-electron chi connectivity index (χ4n) is 1.89. The van der Waals surface area contributed by atoms with E-state index in [2.05, 4.69) is 15.3 Å². The Bertz CT molecular complexity index is 765. The summed E-state index contributed by atoms with van der Waals surface area (Å²) in [5.41, 5.74) is 1.90. The van der Waals surface area contributed by atoms with E-state index in [-0.39, 0.29) is 5.56 Å². The third-order valence-electron chi connectivity index (χ3n) is 2.80. The summed E-state index contributed by atoms with van der Waals surface area (Å²) in [4.78, 5) is 19.7. The van der Waals surface area contributed by atoms with Crippen LogP contribution in [0.1, 0.15) is 10.4 Å². The van der Waals surface area contributed by atoms with E-state index in [0.29, 0.717) is 11.0 Å². The van der Waals surface area contributed by atoms with Crippen LogP contribution in [0.5, 0.6) is 0 Å². The van der Waals surface area contributed by atoms with Crippen molar-refractivity contribution >= 4 is 22.5 Å². The van der Waals surface area contributed by atoms with E-state index in [9.17, 15) is 9.18 Å². The van der Waals surface area contributed by atoms with Gasteiger partial charge >= 0.3 is 0 Å². The van der Waals surface area contributed by atoms with Crippen LogP contribution >= 0.6 is 0 Å². The Balaban J connectivity index is 2.40. The predicted molar refractivity (Wildman–Crippen MR) is 63.8 cm³/mol. The van der Waals surface area contributed by atoms with Crippen LogP contribution in [-0.2, 0) is 0 Å². The highest BCUT2D eigenvalue weighted by Gasteiger charge is 2.13. The van der Waals surface area contributed by atoms with E-state index in [1.54, 1.807) is 23.1 Å². The minimum Gasteiger partial charge on any atom is -0.355 e. The minimum absolute atomic E-state index is 0.00648. The van der Waals surface area contributed by atoms with Crippen molar-refractivity contribution in [2.24, 2.45) is 0 Å². The molecule has 0 saturated carbocycles. The molecule has 0 bridgehead atoms. The van der Waals surface area contributed by atoms with Crippen LogP contribution in [0.3, 0.4) is 0 Å². The number of aromatic nitrogens is 3. The Morgan fingerprint density at radius 1 is 1.39 bits per heavy atom. The lowest BCUT2D eigenvalue weighted by molar-refractivity contribution is 0.0959. The first-order valence-corrected chi connectivity index (χ1v) is 5.33. The molecule has 0 aliphatic carbocycles. The molecule has 2 aromatic heterocycles. The van der Waals surface area contributed by atoms with Gasteiger partial charge in [0.2, 0.25) is 0 Å². The SMILES string of the molecule is CNC(=O)c1cc2c(cc1F)ncc1cncn12. The summed E-state index contributed by atoms with van der Waals surface area (Å²) in [6.07, 6.45) is 4.86. The first-order chi connectivity index (χ1) is 8.70. The van der Waals surface area contributed by atoms with Crippen molar-refractivity contribution in [3.8, 4) is 0 Å². The van der Waals surface area contributed by atoms with Crippen molar-refractivity contribution in [3.63, 3.8) is 0 Å². The van der Waals surface area contributed by atoms with Gasteiger partial charge in [0.1, 0.15) is 5.82 Å². The van der Waals surface area contributed by atoms with Gasteiger partial charge in [-0.1, -0.05) is 0 Å². The predicted octanol–water partition coefficient (Wildman–Crippen LogP) is 1.38. The summed E-state index contributed by atoms with van der Waals surface area (Å²) in [5, 5.41) is 2.40. The van der Waals surface area contributed by atoms with Crippen LogP contribution in [0.15, 0.2) is 30.9 Å². The van der Waals surface area contributed by atoms with E-state index in [1.807, 2.05) is 0 Å². The van der Waals surface area contributed by atoms with E-state index >= 15 is 0 Å². The largest absolute Gasteiger partial charge is 0.355 e. The molecule has 18 heavy (non-hydrogen) atoms. The molecule has 3 rings (SSSR count). The highest BCUT2D eigenvalue weighted by Crippen LogP contribution is 2.19. The molecular weight excluding hydrogens is 235 g/mol. The molecule has 5 nitrogen and oxygen atoms in total. The van der Waals surface area contributed by atoms with Gasteiger partial charge in [-0.05, 0) is 6.07 Å². The summed E-state index contributed by atoms with van der Waals surface area (Å²) in [5.74, 6) is -1.06. The molecule has 1 amide bonds. The summed E-state index contributed by atoms with van der Waals surface area (Å²) in [7, 11) is 1.46. The average Bonchev–Trinajstić information content (AvgIpc) is 2.85. The fraction of sp³-hybridized carbons (Fsp3) is 0.0833. The molecule has 3 aromatic rings. The molecule has 0 saturated heterocycles. The molecule has 0 aliphatic rings. The van der Waals surface area contributed by atoms with Crippen LogP contribution in [-0.4, -0.2) is 27.3 Å². The Morgan fingerprint density at radius 3 is 3.00 bits per heavy atom. The molecule has 0 spiro atoms. The quantitative estimate of drug-likeness (QED) is 0.703. The highest BCUT2D eigenvalue weighted by molar-refractivity contribution is 5.97. The normalized spacial score (nSPS) is 11.0. The van der Waals surface area contributed by atoms with Gasteiger partial charge < -0.3 is 5.32 Å². The van der Waals surface area contributed by atoms with Gasteiger partial charge in [0.15, 0.2) is 0 Å². The van der Waals surface area contributed by atoms with Crippen molar-refractivity contribution in [1.82, 2.24) is 19.7 Å². The number of carbonyl (C=O) groups is 1. The minimum atomic E-state index is -0.589. The molecule has 0 unspecified atom stereocenters. The topological polar surface area (TPSA) is 59.3 Å². The van der Waals surface area contributed by atoms with Gasteiger partial charge in [-0.25, -0.2) is 9.37 Å². The number of hydrogen-bond donors (Lipinski definition) is 1. The van der Waals surface area contributed by atoms with Gasteiger partial charge in [-0.3, -0.25) is 14.2 Å². The van der Waals surface area contributed by atoms with Gasteiger partial charge in [0.05, 0.1) is 40.8 Å². The van der Waals surface area contributed by atoms with Crippen LogP contribution in [0.25, 0.3) is 16.6 Å². The average molecular weight is 244 g/mol. The summed E-state index contributed by atoms with van der Waals surface area (Å²) in [6.45, 7) is 0. The number of rotatable bonds is 1. The Hall–Kier alpha value is -2.50. The standard InChI is InChI=1S/C12H9FN4O/c1-14-12(18)8-2-11-10(3-9(8)13)16-5-7-4-15-6-17(7)11/h2-6H,1H3,(H,14,18). The smallest absolute Gasteiger partial charge is 0.254 e. The maximum atomic E-state index is 13.8. The molecule has 0 aliphatic heterocycles. The zero-order valence-corrected chi connectivity index (χ0v) is 9.51. The number of nitrogens with one attached hydrogen (secondary N) is 1. The summed E-state index contributed by atoms with van der Waals surface area (Å²) >= 11 is 0. The third-order valence-corrected chi connectivity index (χ3v) is 2.80. The maximum Gasteiger partial charge on any atom is 0.254 e. The number of fused-ring (bicyclic) bond motifs is 3. The molecule has 0 atom stereocenters. The van der Waals surface area contributed by atoms with Crippen LogP contribution < -0.4 is 5.32 Å². The van der Waals surface area contributed by atoms with Crippen LogP contribution in [0, 0.1) is 5.82 Å². The Morgan fingerprint density at radius 2 is 2.22 bits per heavy atom. The molecule has 90 valence electrons. The first kappa shape index (κ1) is 10.6. The molecule has 1 aromatic carbocycles. The zero-order chi connectivity index (χ0) is 12.7. The second kappa shape index (κ2) is 3.76. The molecule has 2 heterocycles. The summed E-state index contributed by atoms with van der Waals surface area (Å²) < 4.78 is 15.5. The lowest BCUT2D eigenvalue weighted by Gasteiger charge is -2.06. The number of halogens is 1. The number of carbonyl (C=O) groups excluding carboxylic acids is 1. The van der Waals surface area contributed by atoms with E-state index in [0.717, 1.165) is 5.52 Å². The zero-order valence-electron chi connectivity index (χ0n) is 9.51. The number of hydrogen-bond acceptors (Lipinski definition) is 3. The van der Waals surface area contributed by atoms with Crippen molar-refractivity contribution in [2.75, 3.05) is 7.05 Å². The third kappa shape index (κ3) is 1.42. The van der Waals surface area contributed by atoms with Gasteiger partial charge in [-0.15, -0.1) is 0 Å². The van der Waals surface area contributed by atoms with Gasteiger partial charge in [0, 0.05) is 13.1 Å². The van der Waals surface area contributed by atoms with E-state index < -0.39 is 11.7 Å². The second-order valence-corrected chi connectivity index (χ2v) is 3.85. The fourth-order valence-corrected chi connectivity index (χ4v) is 1.89. The highest BCUT2D eigenvalue weighted by atomic mass is 19.1. The molecule has 0 fully saturated rings. The van der Waals surface area contributed by atoms with Crippen LogP contribution in [0.4, 0.5) is 4.39 Å². The van der Waals surface area contributed by atoms with Crippen molar-refractivity contribution < 1.29 is 9.18 Å². The molecule has 1 N–H and O–H groups in total. The van der Waals surface area contributed by atoms with Crippen molar-refractivity contribution in [3.05, 3.63) is 42.2 Å². The van der Waals surface area contributed by atoms with E-state index in [1.165, 1.54) is 19.2 Å². The van der Waals surface area contributed by atoms with Crippen molar-refractivity contribution in [2.45, 2.75) is 0 Å². The molecular formula is C12H9FN4O. The van der Waals surface area contributed by atoms with E-state index in [4.69, 9.17) is 0 Å². The van der Waals surface area contributed by atoms with Crippen molar-refractivity contribution in [1.29, 1.82) is 0 Å². The molecule has 6 heteroatoms. The number of benzene rings is 1. The Kier molecular flexibility index (Phi) is 2.22. The first-order valence-electron chi connectivity index (χ1n) is 5.33. The Labute approximate surface area is 101 Å². The van der Waals surface area contributed by atoms with Crippen LogP contribution in [0.2, 0.25) is 0 Å². The number of amides is 1. The number of nitrogens with zero attached hydrogens (tertiary/aromatic N) is 3. The second-order valence-electron chi connectivity index (χ2n) is 3.85. The molecule has 0 radical (unpaired) electrons. The number of imidazole rings is 1. The lowest BCUT2D eigenvalue weighted by Crippen LogP contribution is -2.19.